The molecule has 292 valence electrons. The number of nitrogens with one attached hydrogen (secondary N) is 2. The summed E-state index contributed by atoms with van der Waals surface area (Å²) in [5.41, 5.74) is 6.47. The number of alkyl halides is 6. The lowest BCUT2D eigenvalue weighted by Crippen LogP contribution is -2.34. The van der Waals surface area contributed by atoms with E-state index < -0.39 is 24.4 Å². The smallest absolute Gasteiger partial charge is 0.400 e. The Morgan fingerprint density at radius 3 is 1.52 bits per heavy atom. The van der Waals surface area contributed by atoms with E-state index in [0.717, 1.165) is 21.0 Å². The van der Waals surface area contributed by atoms with Gasteiger partial charge in [-0.2, -0.15) is 45.6 Å². The maximum Gasteiger partial charge on any atom is 0.408 e. The van der Waals surface area contributed by atoms with Crippen LogP contribution in [0.2, 0.25) is 10.3 Å². The summed E-state index contributed by atoms with van der Waals surface area (Å²) in [6.07, 6.45) is -2.93. The first-order chi connectivity index (χ1) is 24.4. The number of oxime groups is 1. The van der Waals surface area contributed by atoms with E-state index in [-0.39, 0.29) is 50.6 Å². The van der Waals surface area contributed by atoms with Crippen molar-refractivity contribution in [1.82, 2.24) is 29.2 Å². The van der Waals surface area contributed by atoms with Crippen molar-refractivity contribution in [2.45, 2.75) is 90.7 Å². The number of halogens is 8. The Hall–Kier alpha value is -3.94. The fraction of sp³-hybridized carbons (Fsp3) is 0.548. The number of rotatable bonds is 11. The first kappa shape index (κ1) is 46.1. The molecule has 0 aliphatic carbocycles. The minimum atomic E-state index is -4.44. The Morgan fingerprint density at radius 2 is 1.19 bits per heavy atom. The summed E-state index contributed by atoms with van der Waals surface area (Å²) in [7, 11) is 3.88. The second kappa shape index (κ2) is 20.3. The molecule has 21 heteroatoms. The summed E-state index contributed by atoms with van der Waals surface area (Å²) in [5.74, 6) is 0.0392. The highest BCUT2D eigenvalue weighted by atomic mass is 35.5. The van der Waals surface area contributed by atoms with Gasteiger partial charge < -0.3 is 26.3 Å². The number of fused-ring (bicyclic) bond motifs is 2. The van der Waals surface area contributed by atoms with Gasteiger partial charge in [0, 0.05) is 18.2 Å². The third-order valence-corrected chi connectivity index (χ3v) is 8.23. The van der Waals surface area contributed by atoms with Crippen LogP contribution in [0.4, 0.5) is 38.0 Å². The maximum atomic E-state index is 13.0. The zero-order valence-electron chi connectivity index (χ0n) is 30.0. The third kappa shape index (κ3) is 11.0. The van der Waals surface area contributed by atoms with Gasteiger partial charge in [-0.3, -0.25) is 4.79 Å². The molecule has 0 saturated heterocycles. The maximum absolute atomic E-state index is 13.0. The molecule has 4 aromatic rings. The molecule has 13 nitrogen and oxygen atoms in total. The number of carbonyl (C=O) groups excluding carboxylic acids is 1. The Kier molecular flexibility index (Phi) is 18.0. The Balaban J connectivity index is 0.000000476. The molecule has 4 atom stereocenters. The molecule has 0 aliphatic rings. The van der Waals surface area contributed by atoms with E-state index in [0.29, 0.717) is 35.8 Å². The number of hydrogen-bond donors (Lipinski definition) is 4. The van der Waals surface area contributed by atoms with E-state index in [9.17, 15) is 31.1 Å². The number of hydrogen-bond acceptors (Lipinski definition) is 11. The van der Waals surface area contributed by atoms with Gasteiger partial charge in [0.05, 0.1) is 29.7 Å². The predicted octanol–water partition coefficient (Wildman–Crippen LogP) is 7.49. The van der Waals surface area contributed by atoms with Gasteiger partial charge in [-0.1, -0.05) is 56.1 Å². The van der Waals surface area contributed by atoms with Crippen LogP contribution in [0.25, 0.3) is 11.3 Å². The molecule has 4 aromatic heterocycles. The number of aromatic nitrogens is 6. The number of anilines is 2. The average molecular weight is 790 g/mol. The molecule has 0 aliphatic heterocycles. The van der Waals surface area contributed by atoms with Crippen molar-refractivity contribution in [2.75, 3.05) is 31.9 Å². The highest BCUT2D eigenvalue weighted by Gasteiger charge is 2.38. The van der Waals surface area contributed by atoms with Gasteiger partial charge >= 0.3 is 12.4 Å². The number of aliphatic hydroxyl groups excluding tert-OH is 1. The number of aliphatic hydroxyl groups is 1. The normalized spacial score (nSPS) is 13.9. The molecule has 4 rings (SSSR count). The lowest BCUT2D eigenvalue weighted by Gasteiger charge is -2.23. The zero-order valence-corrected chi connectivity index (χ0v) is 31.5. The fourth-order valence-corrected chi connectivity index (χ4v) is 5.12. The minimum Gasteiger partial charge on any atom is -0.400 e. The van der Waals surface area contributed by atoms with Crippen molar-refractivity contribution in [3.63, 3.8) is 0 Å². The molecular formula is C31H44Cl2F6N10O3. The second-order valence-electron chi connectivity index (χ2n) is 11.0. The summed E-state index contributed by atoms with van der Waals surface area (Å²) in [6.45, 7) is 9.56. The highest BCUT2D eigenvalue weighted by molar-refractivity contribution is 6.31. The Labute approximate surface area is 306 Å². The molecule has 4 heterocycles. The number of nitrogens with two attached hydrogens (primary N) is 1. The van der Waals surface area contributed by atoms with E-state index in [1.165, 1.54) is 41.8 Å². The van der Waals surface area contributed by atoms with Crippen molar-refractivity contribution >= 4 is 58.6 Å². The molecule has 4 unspecified atom stereocenters. The monoisotopic (exact) mass is 788 g/mol. The summed E-state index contributed by atoms with van der Waals surface area (Å²) < 4.78 is 80.4. The topological polar surface area (TPSA) is 169 Å². The van der Waals surface area contributed by atoms with Gasteiger partial charge in [0.15, 0.2) is 17.6 Å². The van der Waals surface area contributed by atoms with Gasteiger partial charge in [-0.15, -0.1) is 0 Å². The van der Waals surface area contributed by atoms with E-state index in [1.54, 1.807) is 0 Å². The molecule has 52 heavy (non-hydrogen) atoms. The van der Waals surface area contributed by atoms with Gasteiger partial charge in [0.25, 0.3) is 0 Å². The summed E-state index contributed by atoms with van der Waals surface area (Å²) in [4.78, 5) is 24.0. The molecular weight excluding hydrogens is 745 g/mol. The van der Waals surface area contributed by atoms with Crippen LogP contribution in [0.3, 0.4) is 0 Å². The van der Waals surface area contributed by atoms with E-state index in [1.807, 2.05) is 27.7 Å². The summed E-state index contributed by atoms with van der Waals surface area (Å²) >= 11 is 12.5. The molecule has 0 spiro atoms. The molecule has 0 saturated carbocycles. The van der Waals surface area contributed by atoms with Gasteiger partial charge in [-0.05, 0) is 45.6 Å². The zero-order chi connectivity index (χ0) is 40.1. The Morgan fingerprint density at radius 1 is 0.827 bits per heavy atom. The lowest BCUT2D eigenvalue weighted by molar-refractivity contribution is -0.139. The van der Waals surface area contributed by atoms with Crippen molar-refractivity contribution in [2.24, 2.45) is 10.9 Å². The second-order valence-corrected chi connectivity index (χ2v) is 11.7. The minimum absolute atomic E-state index is 0.0623. The lowest BCUT2D eigenvalue weighted by atomic mass is 10.0. The largest absolute Gasteiger partial charge is 0.408 e. The predicted molar refractivity (Wildman–Crippen MR) is 190 cm³/mol. The van der Waals surface area contributed by atoms with Crippen molar-refractivity contribution in [3.8, 4) is 0 Å². The van der Waals surface area contributed by atoms with Gasteiger partial charge in [0.1, 0.15) is 41.1 Å². The van der Waals surface area contributed by atoms with Crippen LogP contribution in [0, 0.1) is 0 Å². The quantitative estimate of drug-likeness (QED) is 0.0393. The number of nitrogens with zero attached hydrogens (tertiary/aromatic N) is 7. The van der Waals surface area contributed by atoms with Crippen molar-refractivity contribution in [3.05, 3.63) is 45.0 Å². The van der Waals surface area contributed by atoms with Crippen molar-refractivity contribution in [1.29, 1.82) is 0 Å². The van der Waals surface area contributed by atoms with Crippen LogP contribution in [0.1, 0.15) is 93.3 Å². The number of carbonyl (C=O) groups is 1. The SMILES string of the molecule is CCC(C)c1c(Cl)nc2c(/C=N\OC)cnn2c1NC(C)C(F)(F)F.CCC(C)c1c(Cl)nc2c(C=O)cnn2c1NC(C)C(F)(F)F.CN.CO. The van der Waals surface area contributed by atoms with Crippen LogP contribution in [0.5, 0.6) is 0 Å². The van der Waals surface area contributed by atoms with Gasteiger partial charge in [-0.25, -0.2) is 9.97 Å². The van der Waals surface area contributed by atoms with E-state index in [2.05, 4.69) is 46.5 Å². The van der Waals surface area contributed by atoms with Gasteiger partial charge in [0.2, 0.25) is 0 Å². The summed E-state index contributed by atoms with van der Waals surface area (Å²) in [6, 6.07) is -3.59. The highest BCUT2D eigenvalue weighted by Crippen LogP contribution is 2.37. The van der Waals surface area contributed by atoms with Crippen LogP contribution < -0.4 is 16.4 Å². The standard InChI is InChI=1S/C15H19ClF3N5O.C14H16ClF3N4O.CH5N.CH4O/c1-5-8(2)11-12(16)23-13-10(7-21-25-4)6-20-24(13)14(11)22-9(3)15(17,18)19;1-4-7(2)10-11(15)21-12-9(6-23)5-19-22(12)13(10)20-8(3)14(16,17)18;2*1-2/h6-9,22H,5H2,1-4H3;5-8,20H,4H2,1-3H3;2H2,1H3;2H,1H3/b21-7-;;;. The molecule has 5 N–H and O–H groups in total. The third-order valence-electron chi connectivity index (χ3n) is 7.65. The van der Waals surface area contributed by atoms with Crippen LogP contribution in [-0.4, -0.2) is 92.5 Å². The Bertz CT molecular complexity index is 1770. The summed E-state index contributed by atoms with van der Waals surface area (Å²) in [5, 5.41) is 23.9. The van der Waals surface area contributed by atoms with Crippen molar-refractivity contribution < 1.29 is 41.1 Å². The molecule has 0 amide bonds. The number of aldehydes is 1. The fourth-order valence-electron chi connectivity index (χ4n) is 4.41. The van der Waals surface area contributed by atoms with Crippen LogP contribution in [0.15, 0.2) is 17.5 Å². The van der Waals surface area contributed by atoms with Crippen LogP contribution >= 0.6 is 23.2 Å². The molecule has 0 fully saturated rings. The molecule has 0 radical (unpaired) electrons. The molecule has 0 bridgehead atoms. The first-order valence-electron chi connectivity index (χ1n) is 15.8. The van der Waals surface area contributed by atoms with Crippen LogP contribution in [-0.2, 0) is 4.84 Å². The average Bonchev–Trinajstić information content (AvgIpc) is 3.71. The van der Waals surface area contributed by atoms with E-state index in [4.69, 9.17) is 28.3 Å². The van der Waals surface area contributed by atoms with E-state index >= 15 is 0 Å². The molecule has 0 aromatic carbocycles. The first-order valence-corrected chi connectivity index (χ1v) is 16.5.